The summed E-state index contributed by atoms with van der Waals surface area (Å²) >= 11 is 0. The lowest BCUT2D eigenvalue weighted by Gasteiger charge is -2.05. The first-order chi connectivity index (χ1) is 5.43. The fourth-order valence-corrected chi connectivity index (χ4v) is 0.811. The topological polar surface area (TPSA) is 24.1 Å². The molecule has 0 fully saturated rings. The normalized spacial score (nSPS) is 8.75. The van der Waals surface area contributed by atoms with Crippen molar-refractivity contribution >= 4 is 18.1 Å². The summed E-state index contributed by atoms with van der Waals surface area (Å²) in [4.78, 5) is 0. The second kappa shape index (κ2) is 6.95. The fraction of sp³-hybridized carbons (Fsp3) is 0.333. The number of hydrogen-bond donors (Lipinski definition) is 2. The van der Waals surface area contributed by atoms with Crippen LogP contribution in [0.15, 0.2) is 30.3 Å². The summed E-state index contributed by atoms with van der Waals surface area (Å²) < 4.78 is 0. The first kappa shape index (κ1) is 11.3. The molecule has 2 nitrogen and oxygen atoms in total. The molecule has 0 spiro atoms. The monoisotopic (exact) mass is 186 g/mol. The van der Waals surface area contributed by atoms with Gasteiger partial charge in [-0.25, -0.2) is 5.43 Å². The summed E-state index contributed by atoms with van der Waals surface area (Å²) in [6.45, 7) is 3.13. The summed E-state index contributed by atoms with van der Waals surface area (Å²) in [7, 11) is 0. The van der Waals surface area contributed by atoms with Crippen LogP contribution < -0.4 is 10.9 Å². The van der Waals surface area contributed by atoms with Gasteiger partial charge in [-0.05, 0) is 18.6 Å². The number of anilines is 1. The highest BCUT2D eigenvalue weighted by Crippen LogP contribution is 2.01. The molecule has 0 atom stereocenters. The highest BCUT2D eigenvalue weighted by atomic mass is 35.5. The second-order valence-corrected chi connectivity index (χ2v) is 2.42. The van der Waals surface area contributed by atoms with E-state index in [1.165, 1.54) is 0 Å². The van der Waals surface area contributed by atoms with E-state index in [4.69, 9.17) is 0 Å². The van der Waals surface area contributed by atoms with Crippen LogP contribution in [0.2, 0.25) is 0 Å². The van der Waals surface area contributed by atoms with Crippen molar-refractivity contribution in [2.45, 2.75) is 13.3 Å². The van der Waals surface area contributed by atoms with E-state index in [1.54, 1.807) is 0 Å². The van der Waals surface area contributed by atoms with E-state index in [2.05, 4.69) is 17.8 Å². The molecule has 1 rings (SSSR count). The third-order valence-corrected chi connectivity index (χ3v) is 1.38. The predicted molar refractivity (Wildman–Crippen MR) is 55.6 cm³/mol. The van der Waals surface area contributed by atoms with Gasteiger partial charge in [0.1, 0.15) is 0 Å². The lowest BCUT2D eigenvalue weighted by Crippen LogP contribution is -2.21. The van der Waals surface area contributed by atoms with Gasteiger partial charge in [-0.1, -0.05) is 25.1 Å². The summed E-state index contributed by atoms with van der Waals surface area (Å²) in [5, 5.41) is 0. The highest BCUT2D eigenvalue weighted by Gasteiger charge is 1.84. The van der Waals surface area contributed by atoms with Crippen molar-refractivity contribution in [2.75, 3.05) is 12.0 Å². The maximum atomic E-state index is 3.10. The number of halogens is 1. The highest BCUT2D eigenvalue weighted by molar-refractivity contribution is 5.85. The smallest absolute Gasteiger partial charge is 0.0487 e. The van der Waals surface area contributed by atoms with Gasteiger partial charge < -0.3 is 5.43 Å². The van der Waals surface area contributed by atoms with Crippen LogP contribution >= 0.6 is 12.4 Å². The molecule has 0 aromatic heterocycles. The van der Waals surface area contributed by atoms with Crippen molar-refractivity contribution in [3.05, 3.63) is 30.3 Å². The van der Waals surface area contributed by atoms with Crippen molar-refractivity contribution in [1.82, 2.24) is 5.43 Å². The number of benzene rings is 1. The van der Waals surface area contributed by atoms with Crippen molar-refractivity contribution in [3.63, 3.8) is 0 Å². The molecule has 0 aliphatic rings. The van der Waals surface area contributed by atoms with Crippen molar-refractivity contribution in [2.24, 2.45) is 0 Å². The molecule has 1 aromatic carbocycles. The molecule has 0 aliphatic carbocycles. The summed E-state index contributed by atoms with van der Waals surface area (Å²) in [5.74, 6) is 0. The Labute approximate surface area is 79.7 Å². The first-order valence-electron chi connectivity index (χ1n) is 3.97. The largest absolute Gasteiger partial charge is 0.322 e. The molecular formula is C9H15ClN2. The number of hydrazine groups is 1. The van der Waals surface area contributed by atoms with E-state index in [0.717, 1.165) is 18.7 Å². The van der Waals surface area contributed by atoms with Gasteiger partial charge in [0.05, 0.1) is 0 Å². The van der Waals surface area contributed by atoms with E-state index in [0.29, 0.717) is 0 Å². The molecule has 0 saturated carbocycles. The van der Waals surface area contributed by atoms with Gasteiger partial charge in [0.15, 0.2) is 0 Å². The molecule has 12 heavy (non-hydrogen) atoms. The minimum absolute atomic E-state index is 0. The average molecular weight is 187 g/mol. The predicted octanol–water partition coefficient (Wildman–Crippen LogP) is 2.43. The van der Waals surface area contributed by atoms with Gasteiger partial charge in [-0.15, -0.1) is 12.4 Å². The molecule has 0 saturated heterocycles. The van der Waals surface area contributed by atoms with Gasteiger partial charge in [0.25, 0.3) is 0 Å². The Balaban J connectivity index is 0.00000121. The Morgan fingerprint density at radius 2 is 1.83 bits per heavy atom. The van der Waals surface area contributed by atoms with Crippen LogP contribution in [0.1, 0.15) is 13.3 Å². The van der Waals surface area contributed by atoms with Crippen molar-refractivity contribution < 1.29 is 0 Å². The molecule has 0 radical (unpaired) electrons. The maximum absolute atomic E-state index is 3.10. The minimum atomic E-state index is 0. The van der Waals surface area contributed by atoms with Crippen LogP contribution in [0.5, 0.6) is 0 Å². The molecular weight excluding hydrogens is 172 g/mol. The average Bonchev–Trinajstić information content (AvgIpc) is 2.07. The lowest BCUT2D eigenvalue weighted by molar-refractivity contribution is 0.761. The Kier molecular flexibility index (Phi) is 6.53. The van der Waals surface area contributed by atoms with E-state index >= 15 is 0 Å². The summed E-state index contributed by atoms with van der Waals surface area (Å²) in [6.07, 6.45) is 1.14. The Hall–Kier alpha value is -0.730. The zero-order valence-electron chi connectivity index (χ0n) is 7.21. The number of para-hydroxylation sites is 1. The number of rotatable bonds is 4. The van der Waals surface area contributed by atoms with Crippen molar-refractivity contribution in [3.8, 4) is 0 Å². The zero-order chi connectivity index (χ0) is 7.94. The molecule has 0 bridgehead atoms. The van der Waals surface area contributed by atoms with E-state index in [-0.39, 0.29) is 12.4 Å². The molecule has 1 aromatic rings. The van der Waals surface area contributed by atoms with Crippen LogP contribution in [0.25, 0.3) is 0 Å². The van der Waals surface area contributed by atoms with Gasteiger partial charge in [-0.3, -0.25) is 0 Å². The standard InChI is InChI=1S/C9H14N2.ClH/c1-2-8-10-11-9-6-4-3-5-7-9;/h3-7,10-11H,2,8H2,1H3;1H. The molecule has 0 heterocycles. The molecule has 0 amide bonds. The molecule has 68 valence electrons. The van der Waals surface area contributed by atoms with Gasteiger partial charge >= 0.3 is 0 Å². The Morgan fingerprint density at radius 1 is 1.17 bits per heavy atom. The second-order valence-electron chi connectivity index (χ2n) is 2.42. The van der Waals surface area contributed by atoms with Gasteiger partial charge in [-0.2, -0.15) is 0 Å². The number of nitrogens with one attached hydrogen (secondary N) is 2. The fourth-order valence-electron chi connectivity index (χ4n) is 0.811. The van der Waals surface area contributed by atoms with Crippen molar-refractivity contribution in [1.29, 1.82) is 0 Å². The molecule has 0 aliphatic heterocycles. The van der Waals surface area contributed by atoms with Crippen LogP contribution in [0.4, 0.5) is 5.69 Å². The van der Waals surface area contributed by atoms with Crippen LogP contribution in [-0.2, 0) is 0 Å². The minimum Gasteiger partial charge on any atom is -0.322 e. The molecule has 2 N–H and O–H groups in total. The maximum Gasteiger partial charge on any atom is 0.0487 e. The molecule has 0 unspecified atom stereocenters. The Bertz CT molecular complexity index is 189. The lowest BCUT2D eigenvalue weighted by atomic mass is 10.3. The SMILES string of the molecule is CCCNNc1ccccc1.Cl. The van der Waals surface area contributed by atoms with Crippen LogP contribution in [-0.4, -0.2) is 6.54 Å². The van der Waals surface area contributed by atoms with Crippen LogP contribution in [0.3, 0.4) is 0 Å². The quantitative estimate of drug-likeness (QED) is 0.558. The number of hydrogen-bond acceptors (Lipinski definition) is 2. The molecule has 3 heteroatoms. The first-order valence-corrected chi connectivity index (χ1v) is 3.97. The third kappa shape index (κ3) is 4.21. The van der Waals surface area contributed by atoms with E-state index in [1.807, 2.05) is 30.3 Å². The zero-order valence-corrected chi connectivity index (χ0v) is 8.03. The van der Waals surface area contributed by atoms with Gasteiger partial charge in [0.2, 0.25) is 0 Å². The van der Waals surface area contributed by atoms with E-state index < -0.39 is 0 Å². The summed E-state index contributed by atoms with van der Waals surface area (Å²) in [6, 6.07) is 10.1. The van der Waals surface area contributed by atoms with Crippen LogP contribution in [0, 0.1) is 0 Å². The van der Waals surface area contributed by atoms with Gasteiger partial charge in [0, 0.05) is 12.2 Å². The Morgan fingerprint density at radius 3 is 2.42 bits per heavy atom. The summed E-state index contributed by atoms with van der Waals surface area (Å²) in [5.41, 5.74) is 7.31. The van der Waals surface area contributed by atoms with E-state index in [9.17, 15) is 0 Å². The third-order valence-electron chi connectivity index (χ3n) is 1.38.